The van der Waals surface area contributed by atoms with Gasteiger partial charge in [0.15, 0.2) is 6.61 Å². The minimum Gasteiger partial charge on any atom is -0.457 e. The summed E-state index contributed by atoms with van der Waals surface area (Å²) >= 11 is 1.28. The number of thiophene rings is 1. The van der Waals surface area contributed by atoms with Crippen molar-refractivity contribution in [2.75, 3.05) is 18.1 Å². The van der Waals surface area contributed by atoms with Gasteiger partial charge in [0.2, 0.25) is 11.7 Å². The Morgan fingerprint density at radius 2 is 1.72 bits per heavy atom. The SMILES string of the molecule is O=C(COC(=O)[C@H]1CC(=O)N(c2ccc(-c3ccc([N+](=O)[O-])cc3)cc2)C1)c1cccs1. The molecular formula is C23H18N2O6S. The fourth-order valence-electron chi connectivity index (χ4n) is 3.49. The van der Waals surface area contributed by atoms with Crippen LogP contribution >= 0.6 is 11.3 Å². The van der Waals surface area contributed by atoms with Crippen LogP contribution in [-0.2, 0) is 14.3 Å². The number of esters is 1. The number of ether oxygens (including phenoxy) is 1. The monoisotopic (exact) mass is 450 g/mol. The van der Waals surface area contributed by atoms with Crippen LogP contribution in [0.15, 0.2) is 66.0 Å². The quantitative estimate of drug-likeness (QED) is 0.232. The van der Waals surface area contributed by atoms with Crippen LogP contribution < -0.4 is 4.90 Å². The Bertz CT molecular complexity index is 1160. The van der Waals surface area contributed by atoms with Crippen LogP contribution in [0.4, 0.5) is 11.4 Å². The number of rotatable bonds is 7. The second-order valence-electron chi connectivity index (χ2n) is 7.26. The van der Waals surface area contributed by atoms with Crippen molar-refractivity contribution in [2.24, 2.45) is 5.92 Å². The molecule has 2 heterocycles. The molecule has 1 aromatic heterocycles. The van der Waals surface area contributed by atoms with Crippen molar-refractivity contribution in [1.29, 1.82) is 0 Å². The Kier molecular flexibility index (Phi) is 6.09. The first-order valence-electron chi connectivity index (χ1n) is 9.81. The predicted octanol–water partition coefficient (Wildman–Crippen LogP) is 4.10. The van der Waals surface area contributed by atoms with Gasteiger partial charge in [-0.15, -0.1) is 11.3 Å². The van der Waals surface area contributed by atoms with Crippen molar-refractivity contribution in [2.45, 2.75) is 6.42 Å². The lowest BCUT2D eigenvalue weighted by Gasteiger charge is -2.17. The summed E-state index contributed by atoms with van der Waals surface area (Å²) in [5.41, 5.74) is 2.32. The van der Waals surface area contributed by atoms with Crippen molar-refractivity contribution >= 4 is 40.4 Å². The molecule has 1 atom stereocenters. The van der Waals surface area contributed by atoms with Gasteiger partial charge in [-0.2, -0.15) is 0 Å². The van der Waals surface area contributed by atoms with Crippen LogP contribution in [-0.4, -0.2) is 35.7 Å². The molecule has 0 spiro atoms. The first-order chi connectivity index (χ1) is 15.4. The van der Waals surface area contributed by atoms with Crippen LogP contribution in [0.1, 0.15) is 16.1 Å². The van der Waals surface area contributed by atoms with E-state index in [9.17, 15) is 24.5 Å². The minimum atomic E-state index is -0.631. The van der Waals surface area contributed by atoms with Gasteiger partial charge in [-0.3, -0.25) is 24.5 Å². The largest absolute Gasteiger partial charge is 0.457 e. The topological polar surface area (TPSA) is 107 Å². The van der Waals surface area contributed by atoms with Crippen molar-refractivity contribution in [3.05, 3.63) is 81.0 Å². The number of carbonyl (C=O) groups excluding carboxylic acids is 3. The molecule has 0 saturated carbocycles. The Morgan fingerprint density at radius 1 is 1.06 bits per heavy atom. The molecule has 32 heavy (non-hydrogen) atoms. The van der Waals surface area contributed by atoms with Gasteiger partial charge in [-0.1, -0.05) is 18.2 Å². The number of non-ortho nitro benzene ring substituents is 1. The number of benzene rings is 2. The molecule has 0 N–H and O–H groups in total. The summed E-state index contributed by atoms with van der Waals surface area (Å²) in [6.07, 6.45) is 0.0239. The van der Waals surface area contributed by atoms with E-state index in [1.54, 1.807) is 41.8 Å². The molecule has 9 heteroatoms. The van der Waals surface area contributed by atoms with E-state index in [-0.39, 0.29) is 37.0 Å². The van der Waals surface area contributed by atoms with E-state index in [0.717, 1.165) is 11.1 Å². The zero-order valence-electron chi connectivity index (χ0n) is 16.8. The van der Waals surface area contributed by atoms with E-state index < -0.39 is 16.8 Å². The maximum atomic E-state index is 12.5. The highest BCUT2D eigenvalue weighted by molar-refractivity contribution is 7.12. The van der Waals surface area contributed by atoms with Crippen molar-refractivity contribution < 1.29 is 24.0 Å². The second kappa shape index (κ2) is 9.11. The van der Waals surface area contributed by atoms with E-state index in [1.807, 2.05) is 12.1 Å². The molecule has 0 unspecified atom stereocenters. The summed E-state index contributed by atoms with van der Waals surface area (Å²) in [5, 5.41) is 12.6. The van der Waals surface area contributed by atoms with Crippen LogP contribution in [0.3, 0.4) is 0 Å². The molecule has 1 fully saturated rings. The lowest BCUT2D eigenvalue weighted by molar-refractivity contribution is -0.384. The molecule has 1 amide bonds. The van der Waals surface area contributed by atoms with Gasteiger partial charge in [0.1, 0.15) is 0 Å². The van der Waals surface area contributed by atoms with Crippen LogP contribution in [0.2, 0.25) is 0 Å². The highest BCUT2D eigenvalue weighted by atomic mass is 32.1. The predicted molar refractivity (Wildman–Crippen MR) is 119 cm³/mol. The fourth-order valence-corrected chi connectivity index (χ4v) is 4.14. The number of hydrogen-bond donors (Lipinski definition) is 0. The Labute approximate surface area is 187 Å². The highest BCUT2D eigenvalue weighted by Gasteiger charge is 2.36. The Balaban J connectivity index is 1.37. The summed E-state index contributed by atoms with van der Waals surface area (Å²) in [6, 6.07) is 16.8. The molecule has 0 aliphatic carbocycles. The third kappa shape index (κ3) is 4.57. The minimum absolute atomic E-state index is 0.0167. The number of hydrogen-bond acceptors (Lipinski definition) is 7. The van der Waals surface area contributed by atoms with Crippen LogP contribution in [0, 0.1) is 16.0 Å². The second-order valence-corrected chi connectivity index (χ2v) is 8.21. The first-order valence-corrected chi connectivity index (χ1v) is 10.7. The Hall–Kier alpha value is -3.85. The summed E-state index contributed by atoms with van der Waals surface area (Å²) in [7, 11) is 0. The molecule has 1 aliphatic heterocycles. The lowest BCUT2D eigenvalue weighted by Crippen LogP contribution is -2.27. The highest BCUT2D eigenvalue weighted by Crippen LogP contribution is 2.29. The van der Waals surface area contributed by atoms with E-state index in [1.165, 1.54) is 28.4 Å². The number of nitrogens with zero attached hydrogens (tertiary/aromatic N) is 2. The molecule has 8 nitrogen and oxygen atoms in total. The van der Waals surface area contributed by atoms with E-state index >= 15 is 0 Å². The number of nitro groups is 1. The van der Waals surface area contributed by atoms with E-state index in [2.05, 4.69) is 0 Å². The van der Waals surface area contributed by atoms with Gasteiger partial charge in [0.25, 0.3) is 5.69 Å². The van der Waals surface area contributed by atoms with Gasteiger partial charge in [-0.25, -0.2) is 0 Å². The van der Waals surface area contributed by atoms with Gasteiger partial charge in [-0.05, 0) is 46.8 Å². The zero-order chi connectivity index (χ0) is 22.7. The van der Waals surface area contributed by atoms with Gasteiger partial charge >= 0.3 is 5.97 Å². The maximum absolute atomic E-state index is 12.5. The van der Waals surface area contributed by atoms with Crippen LogP contribution in [0.5, 0.6) is 0 Å². The number of ketones is 1. The average molecular weight is 450 g/mol. The molecule has 2 aromatic carbocycles. The molecule has 162 valence electrons. The molecule has 3 aromatic rings. The fraction of sp³-hybridized carbons (Fsp3) is 0.174. The van der Waals surface area contributed by atoms with Gasteiger partial charge in [0, 0.05) is 30.8 Å². The number of Topliss-reactive ketones (excluding diaryl/α,β-unsaturated/α-hetero) is 1. The zero-order valence-corrected chi connectivity index (χ0v) is 17.6. The summed E-state index contributed by atoms with van der Waals surface area (Å²) < 4.78 is 5.14. The van der Waals surface area contributed by atoms with Crippen LogP contribution in [0.25, 0.3) is 11.1 Å². The summed E-state index contributed by atoms with van der Waals surface area (Å²) in [4.78, 5) is 49.2. The Morgan fingerprint density at radius 3 is 2.31 bits per heavy atom. The molecule has 0 bridgehead atoms. The van der Waals surface area contributed by atoms with Gasteiger partial charge < -0.3 is 9.64 Å². The van der Waals surface area contributed by atoms with E-state index in [4.69, 9.17) is 4.74 Å². The number of carbonyl (C=O) groups is 3. The van der Waals surface area contributed by atoms with Gasteiger partial charge in [0.05, 0.1) is 15.7 Å². The molecule has 0 radical (unpaired) electrons. The summed E-state index contributed by atoms with van der Waals surface area (Å²) in [6.45, 7) is -0.157. The smallest absolute Gasteiger partial charge is 0.311 e. The standard InChI is InChI=1S/C23H18N2O6S/c26-20(21-2-1-11-32-21)14-31-23(28)17-12-22(27)24(13-17)18-7-3-15(4-8-18)16-5-9-19(10-6-16)25(29)30/h1-11,17H,12-14H2/t17-/m0/s1. The van der Waals surface area contributed by atoms with Crippen molar-refractivity contribution in [3.8, 4) is 11.1 Å². The third-order valence-electron chi connectivity index (χ3n) is 5.19. The van der Waals surface area contributed by atoms with E-state index in [0.29, 0.717) is 10.6 Å². The average Bonchev–Trinajstić information content (AvgIpc) is 3.48. The maximum Gasteiger partial charge on any atom is 0.311 e. The van der Waals surface area contributed by atoms with Crippen molar-refractivity contribution in [3.63, 3.8) is 0 Å². The number of amides is 1. The molecular weight excluding hydrogens is 432 g/mol. The molecule has 1 saturated heterocycles. The first kappa shape index (κ1) is 21.4. The molecule has 1 aliphatic rings. The number of anilines is 1. The normalized spacial score (nSPS) is 15.6. The molecule has 4 rings (SSSR count). The summed E-state index contributed by atoms with van der Waals surface area (Å²) in [5.74, 6) is -1.66. The van der Waals surface area contributed by atoms with Crippen molar-refractivity contribution in [1.82, 2.24) is 0 Å². The third-order valence-corrected chi connectivity index (χ3v) is 6.10. The number of nitro benzene ring substituents is 1. The lowest BCUT2D eigenvalue weighted by atomic mass is 10.0.